The Kier molecular flexibility index (Phi) is 10.5. The lowest BCUT2D eigenvalue weighted by molar-refractivity contribution is -0.120. The Bertz CT molecular complexity index is 947. The smallest absolute Gasteiger partial charge is 0.265 e. The standard InChI is InChI=1S/C20H27ClN4O3S2.ClH/c21-17-9-4-5-10-18(17)30(27,28)25-20-24-16(14-29-20)13-19(26)23-12-6-11-22-15-7-2-1-3-8-15;/h4-5,9-10,14-15,22H,1-3,6-8,11-13H2,(H,23,26)(H,24,25);1H. The summed E-state index contributed by atoms with van der Waals surface area (Å²) in [6, 6.07) is 6.82. The summed E-state index contributed by atoms with van der Waals surface area (Å²) >= 11 is 7.10. The Labute approximate surface area is 198 Å². The number of nitrogens with zero attached hydrogens (tertiary/aromatic N) is 1. The molecule has 1 heterocycles. The fraction of sp³-hybridized carbons (Fsp3) is 0.500. The Morgan fingerprint density at radius 1 is 1.16 bits per heavy atom. The summed E-state index contributed by atoms with van der Waals surface area (Å²) in [6.45, 7) is 1.50. The summed E-state index contributed by atoms with van der Waals surface area (Å²) in [7, 11) is -3.83. The second-order valence-electron chi connectivity index (χ2n) is 7.35. The van der Waals surface area contributed by atoms with Crippen molar-refractivity contribution in [3.8, 4) is 0 Å². The van der Waals surface area contributed by atoms with Gasteiger partial charge in [-0.25, -0.2) is 13.4 Å². The number of hydrogen-bond acceptors (Lipinski definition) is 6. The van der Waals surface area contributed by atoms with Crippen molar-refractivity contribution < 1.29 is 13.2 Å². The highest BCUT2D eigenvalue weighted by Gasteiger charge is 2.19. The minimum Gasteiger partial charge on any atom is -0.356 e. The lowest BCUT2D eigenvalue weighted by Gasteiger charge is -2.22. The minimum absolute atomic E-state index is 0. The second-order valence-corrected chi connectivity index (χ2v) is 10.3. The predicted octanol–water partition coefficient (Wildman–Crippen LogP) is 3.99. The molecule has 1 aliphatic rings. The van der Waals surface area contributed by atoms with Crippen LogP contribution in [0.4, 0.5) is 5.13 Å². The van der Waals surface area contributed by atoms with Gasteiger partial charge in [-0.05, 0) is 37.9 Å². The lowest BCUT2D eigenvalue weighted by Crippen LogP contribution is -2.34. The zero-order valence-corrected chi connectivity index (χ0v) is 20.3. The number of amides is 1. The van der Waals surface area contributed by atoms with E-state index < -0.39 is 10.0 Å². The molecule has 0 spiro atoms. The van der Waals surface area contributed by atoms with Gasteiger partial charge in [0.2, 0.25) is 5.91 Å². The van der Waals surface area contributed by atoms with E-state index >= 15 is 0 Å². The van der Waals surface area contributed by atoms with Gasteiger partial charge in [-0.1, -0.05) is 43.0 Å². The van der Waals surface area contributed by atoms with E-state index in [2.05, 4.69) is 20.3 Å². The zero-order chi connectivity index (χ0) is 21.4. The molecular weight excluding hydrogens is 479 g/mol. The van der Waals surface area contributed by atoms with E-state index in [0.717, 1.165) is 24.3 Å². The average Bonchev–Trinajstić information content (AvgIpc) is 3.14. The molecule has 11 heteroatoms. The number of carbonyl (C=O) groups excluding carboxylic acids is 1. The number of carbonyl (C=O) groups is 1. The normalized spacial score (nSPS) is 14.6. The van der Waals surface area contributed by atoms with E-state index in [0.29, 0.717) is 18.3 Å². The molecule has 3 N–H and O–H groups in total. The SMILES string of the molecule is Cl.O=C(Cc1csc(NS(=O)(=O)c2ccccc2Cl)n1)NCCCNC1CCCCC1. The maximum absolute atomic E-state index is 12.5. The molecule has 0 atom stereocenters. The Hall–Kier alpha value is -1.39. The topological polar surface area (TPSA) is 100 Å². The van der Waals surface area contributed by atoms with Crippen molar-refractivity contribution in [1.82, 2.24) is 15.6 Å². The Morgan fingerprint density at radius 2 is 1.90 bits per heavy atom. The second kappa shape index (κ2) is 12.6. The molecule has 2 aromatic rings. The van der Waals surface area contributed by atoms with E-state index in [1.165, 1.54) is 44.2 Å². The number of rotatable bonds is 10. The number of halogens is 2. The third-order valence-electron chi connectivity index (χ3n) is 4.96. The maximum atomic E-state index is 12.5. The van der Waals surface area contributed by atoms with Crippen molar-refractivity contribution in [3.05, 3.63) is 40.4 Å². The molecule has 1 aromatic heterocycles. The molecule has 31 heavy (non-hydrogen) atoms. The molecule has 0 radical (unpaired) electrons. The summed E-state index contributed by atoms with van der Waals surface area (Å²) in [5.41, 5.74) is 0.523. The van der Waals surface area contributed by atoms with Crippen molar-refractivity contribution in [2.75, 3.05) is 17.8 Å². The molecule has 7 nitrogen and oxygen atoms in total. The molecule has 1 amide bonds. The van der Waals surface area contributed by atoms with Crippen molar-refractivity contribution in [2.45, 2.75) is 55.9 Å². The van der Waals surface area contributed by atoms with Crippen LogP contribution in [-0.4, -0.2) is 38.4 Å². The van der Waals surface area contributed by atoms with Crippen LogP contribution in [0, 0.1) is 0 Å². The first-order chi connectivity index (χ1) is 14.4. The van der Waals surface area contributed by atoms with Gasteiger partial charge in [0.05, 0.1) is 17.1 Å². The van der Waals surface area contributed by atoms with Crippen LogP contribution >= 0.6 is 35.3 Å². The molecule has 1 aromatic carbocycles. The number of sulfonamides is 1. The first-order valence-corrected chi connectivity index (χ1v) is 12.9. The van der Waals surface area contributed by atoms with Crippen LogP contribution in [0.5, 0.6) is 0 Å². The van der Waals surface area contributed by atoms with Gasteiger partial charge < -0.3 is 10.6 Å². The van der Waals surface area contributed by atoms with Crippen LogP contribution < -0.4 is 15.4 Å². The van der Waals surface area contributed by atoms with E-state index in [9.17, 15) is 13.2 Å². The molecular formula is C20H28Cl2N4O3S2. The molecule has 1 fully saturated rings. The Balaban J connectivity index is 0.00000341. The van der Waals surface area contributed by atoms with Crippen molar-refractivity contribution in [3.63, 3.8) is 0 Å². The minimum atomic E-state index is -3.83. The highest BCUT2D eigenvalue weighted by molar-refractivity contribution is 7.93. The molecule has 172 valence electrons. The van der Waals surface area contributed by atoms with Gasteiger partial charge in [0.15, 0.2) is 5.13 Å². The third-order valence-corrected chi connectivity index (χ3v) is 7.73. The van der Waals surface area contributed by atoms with Crippen LogP contribution in [0.15, 0.2) is 34.5 Å². The number of thiazole rings is 1. The molecule has 0 bridgehead atoms. The zero-order valence-electron chi connectivity index (χ0n) is 17.1. The summed E-state index contributed by atoms with van der Waals surface area (Å²) in [5, 5.41) is 8.46. The van der Waals surface area contributed by atoms with E-state index in [-0.39, 0.29) is 39.8 Å². The monoisotopic (exact) mass is 506 g/mol. The summed E-state index contributed by atoms with van der Waals surface area (Å²) < 4.78 is 27.3. The average molecular weight is 508 g/mol. The van der Waals surface area contributed by atoms with Crippen molar-refractivity contribution >= 4 is 56.4 Å². The van der Waals surface area contributed by atoms with Gasteiger partial charge >= 0.3 is 0 Å². The molecule has 0 aliphatic heterocycles. The fourth-order valence-corrected chi connectivity index (χ4v) is 5.91. The quantitative estimate of drug-likeness (QED) is 0.423. The fourth-order valence-electron chi connectivity index (χ4n) is 3.42. The van der Waals surface area contributed by atoms with E-state index in [1.807, 2.05) is 0 Å². The number of nitrogens with one attached hydrogen (secondary N) is 3. The van der Waals surface area contributed by atoms with Crippen LogP contribution in [0.3, 0.4) is 0 Å². The van der Waals surface area contributed by atoms with Crippen LogP contribution in [0.1, 0.15) is 44.2 Å². The van der Waals surface area contributed by atoms with E-state index in [1.54, 1.807) is 17.5 Å². The largest absolute Gasteiger partial charge is 0.356 e. The highest BCUT2D eigenvalue weighted by atomic mass is 35.5. The van der Waals surface area contributed by atoms with Crippen molar-refractivity contribution in [2.24, 2.45) is 0 Å². The number of benzene rings is 1. The summed E-state index contributed by atoms with van der Waals surface area (Å²) in [5.74, 6) is -0.126. The van der Waals surface area contributed by atoms with Crippen LogP contribution in [-0.2, 0) is 21.2 Å². The summed E-state index contributed by atoms with van der Waals surface area (Å²) in [6.07, 6.45) is 7.44. The predicted molar refractivity (Wildman–Crippen MR) is 128 cm³/mol. The summed E-state index contributed by atoms with van der Waals surface area (Å²) in [4.78, 5) is 16.3. The number of aromatic nitrogens is 1. The van der Waals surface area contributed by atoms with Gasteiger partial charge in [0.25, 0.3) is 10.0 Å². The van der Waals surface area contributed by atoms with Gasteiger partial charge in [-0.2, -0.15) is 0 Å². The van der Waals surface area contributed by atoms with Gasteiger partial charge in [0, 0.05) is 18.0 Å². The molecule has 1 saturated carbocycles. The molecule has 3 rings (SSSR count). The lowest BCUT2D eigenvalue weighted by atomic mass is 9.95. The van der Waals surface area contributed by atoms with Crippen molar-refractivity contribution in [1.29, 1.82) is 0 Å². The first-order valence-electron chi connectivity index (χ1n) is 10.2. The molecule has 0 saturated heterocycles. The van der Waals surface area contributed by atoms with Gasteiger partial charge in [-0.3, -0.25) is 9.52 Å². The van der Waals surface area contributed by atoms with Crippen LogP contribution in [0.25, 0.3) is 0 Å². The third kappa shape index (κ3) is 8.23. The van der Waals surface area contributed by atoms with Gasteiger partial charge in [-0.15, -0.1) is 23.7 Å². The van der Waals surface area contributed by atoms with Gasteiger partial charge in [0.1, 0.15) is 4.90 Å². The number of anilines is 1. The van der Waals surface area contributed by atoms with Crippen LogP contribution in [0.2, 0.25) is 5.02 Å². The highest BCUT2D eigenvalue weighted by Crippen LogP contribution is 2.25. The Morgan fingerprint density at radius 3 is 2.65 bits per heavy atom. The maximum Gasteiger partial charge on any atom is 0.265 e. The molecule has 0 unspecified atom stereocenters. The van der Waals surface area contributed by atoms with E-state index in [4.69, 9.17) is 11.6 Å². The first kappa shape index (κ1) is 25.9. The number of hydrogen-bond donors (Lipinski definition) is 3. The molecule has 1 aliphatic carbocycles.